The van der Waals surface area contributed by atoms with Crippen molar-refractivity contribution in [2.45, 2.75) is 25.4 Å². The topological polar surface area (TPSA) is 57.1 Å². The van der Waals surface area contributed by atoms with Gasteiger partial charge in [-0.2, -0.15) is 0 Å². The van der Waals surface area contributed by atoms with Crippen molar-refractivity contribution < 1.29 is 0 Å². The van der Waals surface area contributed by atoms with Crippen molar-refractivity contribution >= 4 is 0 Å². The summed E-state index contributed by atoms with van der Waals surface area (Å²) in [6, 6.07) is 2.12. The summed E-state index contributed by atoms with van der Waals surface area (Å²) >= 11 is 0. The van der Waals surface area contributed by atoms with Crippen LogP contribution < -0.4 is 11.1 Å². The van der Waals surface area contributed by atoms with Crippen molar-refractivity contribution in [3.8, 4) is 0 Å². The van der Waals surface area contributed by atoms with E-state index in [-0.39, 0.29) is 11.6 Å². The highest BCUT2D eigenvalue weighted by molar-refractivity contribution is 5.18. The molecule has 1 atom stereocenters. The third-order valence-corrected chi connectivity index (χ3v) is 3.67. The summed E-state index contributed by atoms with van der Waals surface area (Å²) in [5, 5.41) is 3.37. The second-order valence-corrected chi connectivity index (χ2v) is 5.01. The van der Waals surface area contributed by atoms with E-state index in [1.807, 2.05) is 12.4 Å². The van der Waals surface area contributed by atoms with Gasteiger partial charge in [-0.1, -0.05) is 0 Å². The van der Waals surface area contributed by atoms with Crippen LogP contribution in [-0.2, 0) is 0 Å². The lowest BCUT2D eigenvalue weighted by Gasteiger charge is -2.44. The number of nitrogens with one attached hydrogen (secondary N) is 2. The molecule has 90 valence electrons. The SMILES string of the molecule is CC(C)(C(N)c1cc[nH]c1)N1CCNCC1. The number of hydrogen-bond acceptors (Lipinski definition) is 3. The summed E-state index contributed by atoms with van der Waals surface area (Å²) in [7, 11) is 0. The van der Waals surface area contributed by atoms with E-state index in [0.29, 0.717) is 0 Å². The average molecular weight is 222 g/mol. The molecule has 1 aliphatic heterocycles. The Hall–Kier alpha value is -0.840. The van der Waals surface area contributed by atoms with Crippen molar-refractivity contribution in [2.24, 2.45) is 5.73 Å². The first-order chi connectivity index (χ1) is 7.62. The lowest BCUT2D eigenvalue weighted by Crippen LogP contribution is -2.57. The summed E-state index contributed by atoms with van der Waals surface area (Å²) in [6.45, 7) is 8.73. The molecule has 1 aliphatic rings. The van der Waals surface area contributed by atoms with E-state index in [4.69, 9.17) is 5.73 Å². The average Bonchev–Trinajstić information content (AvgIpc) is 2.82. The Bertz CT molecular complexity index is 312. The number of rotatable bonds is 3. The molecule has 4 N–H and O–H groups in total. The van der Waals surface area contributed by atoms with Gasteiger partial charge in [0.25, 0.3) is 0 Å². The third kappa shape index (κ3) is 2.14. The van der Waals surface area contributed by atoms with Crippen LogP contribution >= 0.6 is 0 Å². The minimum atomic E-state index is 0.00426. The Kier molecular flexibility index (Phi) is 3.33. The van der Waals surface area contributed by atoms with Gasteiger partial charge in [-0.15, -0.1) is 0 Å². The zero-order valence-corrected chi connectivity index (χ0v) is 10.2. The highest BCUT2D eigenvalue weighted by Gasteiger charge is 2.34. The third-order valence-electron chi connectivity index (χ3n) is 3.67. The zero-order valence-electron chi connectivity index (χ0n) is 10.2. The van der Waals surface area contributed by atoms with Crippen LogP contribution in [0.5, 0.6) is 0 Å². The number of aromatic nitrogens is 1. The van der Waals surface area contributed by atoms with Crippen molar-refractivity contribution in [2.75, 3.05) is 26.2 Å². The van der Waals surface area contributed by atoms with E-state index >= 15 is 0 Å². The molecule has 2 rings (SSSR count). The van der Waals surface area contributed by atoms with Gasteiger partial charge in [-0.25, -0.2) is 0 Å². The van der Waals surface area contributed by atoms with Gasteiger partial charge in [-0.3, -0.25) is 4.90 Å². The van der Waals surface area contributed by atoms with Crippen LogP contribution in [0, 0.1) is 0 Å². The normalized spacial score (nSPS) is 20.9. The van der Waals surface area contributed by atoms with Crippen LogP contribution in [0.15, 0.2) is 18.5 Å². The first kappa shape index (κ1) is 11.6. The molecule has 4 nitrogen and oxygen atoms in total. The number of nitrogens with two attached hydrogens (primary N) is 1. The van der Waals surface area contributed by atoms with Crippen LogP contribution in [0.3, 0.4) is 0 Å². The van der Waals surface area contributed by atoms with Crippen molar-refractivity contribution in [3.63, 3.8) is 0 Å². The molecule has 0 aliphatic carbocycles. The largest absolute Gasteiger partial charge is 0.367 e. The van der Waals surface area contributed by atoms with Crippen LogP contribution in [0.25, 0.3) is 0 Å². The maximum absolute atomic E-state index is 6.37. The Morgan fingerprint density at radius 2 is 2.06 bits per heavy atom. The standard InChI is InChI=1S/C12H22N4/c1-12(2,16-7-5-14-6-8-16)11(13)10-3-4-15-9-10/h3-4,9,11,14-15H,5-8,13H2,1-2H3. The number of nitrogens with zero attached hydrogens (tertiary/aromatic N) is 1. The minimum absolute atomic E-state index is 0.00426. The van der Waals surface area contributed by atoms with E-state index in [2.05, 4.69) is 35.1 Å². The van der Waals surface area contributed by atoms with Gasteiger partial charge >= 0.3 is 0 Å². The Morgan fingerprint density at radius 1 is 1.38 bits per heavy atom. The van der Waals surface area contributed by atoms with Crippen LogP contribution in [0.1, 0.15) is 25.5 Å². The monoisotopic (exact) mass is 222 g/mol. The van der Waals surface area contributed by atoms with Crippen LogP contribution in [0.4, 0.5) is 0 Å². The Balaban J connectivity index is 2.10. The fourth-order valence-corrected chi connectivity index (χ4v) is 2.38. The predicted octanol–water partition coefficient (Wildman–Crippen LogP) is 0.698. The molecule has 2 heterocycles. The fourth-order valence-electron chi connectivity index (χ4n) is 2.38. The first-order valence-electron chi connectivity index (χ1n) is 5.96. The molecule has 0 radical (unpaired) electrons. The molecule has 1 aromatic heterocycles. The number of H-pyrrole nitrogens is 1. The number of hydrogen-bond donors (Lipinski definition) is 3. The Labute approximate surface area is 97.2 Å². The van der Waals surface area contributed by atoms with Gasteiger partial charge in [0.2, 0.25) is 0 Å². The summed E-state index contributed by atoms with van der Waals surface area (Å²) in [5.74, 6) is 0. The molecule has 1 aromatic rings. The molecule has 1 fully saturated rings. The lowest BCUT2D eigenvalue weighted by atomic mass is 9.88. The van der Waals surface area contributed by atoms with Crippen LogP contribution in [-0.4, -0.2) is 41.6 Å². The molecule has 16 heavy (non-hydrogen) atoms. The van der Waals surface area contributed by atoms with Gasteiger partial charge in [0.1, 0.15) is 0 Å². The van der Waals surface area contributed by atoms with Gasteiger partial charge in [0.05, 0.1) is 0 Å². The Morgan fingerprint density at radius 3 is 2.62 bits per heavy atom. The van der Waals surface area contributed by atoms with E-state index in [9.17, 15) is 0 Å². The summed E-state index contributed by atoms with van der Waals surface area (Å²) in [5.41, 5.74) is 7.55. The van der Waals surface area contributed by atoms with E-state index in [1.54, 1.807) is 0 Å². The van der Waals surface area contributed by atoms with Gasteiger partial charge in [0.15, 0.2) is 0 Å². The van der Waals surface area contributed by atoms with Crippen molar-refractivity contribution in [1.29, 1.82) is 0 Å². The molecule has 0 amide bonds. The highest BCUT2D eigenvalue weighted by atomic mass is 15.2. The lowest BCUT2D eigenvalue weighted by molar-refractivity contribution is 0.0801. The molecule has 4 heteroatoms. The summed E-state index contributed by atoms with van der Waals surface area (Å²) in [6.07, 6.45) is 3.93. The number of aromatic amines is 1. The van der Waals surface area contributed by atoms with Crippen molar-refractivity contribution in [3.05, 3.63) is 24.0 Å². The highest BCUT2D eigenvalue weighted by Crippen LogP contribution is 2.28. The molecule has 0 aromatic carbocycles. The predicted molar refractivity (Wildman–Crippen MR) is 66.2 cm³/mol. The maximum atomic E-state index is 6.37. The smallest absolute Gasteiger partial charge is 0.0491 e. The molecule has 1 unspecified atom stereocenters. The molecular formula is C12H22N4. The second-order valence-electron chi connectivity index (χ2n) is 5.01. The molecule has 0 bridgehead atoms. The zero-order chi connectivity index (χ0) is 11.6. The second kappa shape index (κ2) is 4.57. The molecule has 0 spiro atoms. The summed E-state index contributed by atoms with van der Waals surface area (Å²) < 4.78 is 0. The van der Waals surface area contributed by atoms with Gasteiger partial charge in [0, 0.05) is 50.2 Å². The maximum Gasteiger partial charge on any atom is 0.0491 e. The van der Waals surface area contributed by atoms with Gasteiger partial charge < -0.3 is 16.0 Å². The van der Waals surface area contributed by atoms with Crippen molar-refractivity contribution in [1.82, 2.24) is 15.2 Å². The number of piperazine rings is 1. The van der Waals surface area contributed by atoms with Gasteiger partial charge in [-0.05, 0) is 25.5 Å². The van der Waals surface area contributed by atoms with Crippen LogP contribution in [0.2, 0.25) is 0 Å². The minimum Gasteiger partial charge on any atom is -0.367 e. The summed E-state index contributed by atoms with van der Waals surface area (Å²) in [4.78, 5) is 5.55. The molecular weight excluding hydrogens is 200 g/mol. The quantitative estimate of drug-likeness (QED) is 0.705. The van der Waals surface area contributed by atoms with E-state index < -0.39 is 0 Å². The molecule has 1 saturated heterocycles. The van der Waals surface area contributed by atoms with E-state index in [0.717, 1.165) is 26.2 Å². The fraction of sp³-hybridized carbons (Fsp3) is 0.667. The molecule has 0 saturated carbocycles. The first-order valence-corrected chi connectivity index (χ1v) is 5.96. The van der Waals surface area contributed by atoms with E-state index in [1.165, 1.54) is 5.56 Å².